The van der Waals surface area contributed by atoms with Crippen molar-refractivity contribution in [3.8, 4) is 0 Å². The predicted molar refractivity (Wildman–Crippen MR) is 79.2 cm³/mol. The Labute approximate surface area is 125 Å². The molecule has 2 aromatic rings. The minimum atomic E-state index is -0.547. The van der Waals surface area contributed by atoms with E-state index in [0.717, 1.165) is 0 Å². The van der Waals surface area contributed by atoms with Crippen molar-refractivity contribution in [2.75, 3.05) is 12.4 Å². The first-order chi connectivity index (χ1) is 10.0. The van der Waals surface area contributed by atoms with E-state index in [1.54, 1.807) is 24.3 Å². The average molecular weight is 307 g/mol. The first kappa shape index (κ1) is 14.8. The molecule has 0 saturated heterocycles. The molecule has 0 radical (unpaired) electrons. The number of ether oxygens (including phenoxy) is 1. The fourth-order valence-corrected chi connectivity index (χ4v) is 1.95. The Balaban J connectivity index is 2.44. The number of anilines is 2. The van der Waals surface area contributed by atoms with Crippen LogP contribution in [0.2, 0.25) is 5.02 Å². The van der Waals surface area contributed by atoms with Gasteiger partial charge in [0.2, 0.25) is 0 Å². The Morgan fingerprint density at radius 1 is 1.24 bits per heavy atom. The molecule has 0 fully saturated rings. The second-order valence-electron chi connectivity index (χ2n) is 4.08. The van der Waals surface area contributed by atoms with Gasteiger partial charge in [0.1, 0.15) is 5.69 Å². The van der Waals surface area contributed by atoms with Gasteiger partial charge in [-0.1, -0.05) is 23.7 Å². The Morgan fingerprint density at radius 3 is 2.62 bits per heavy atom. The normalized spacial score (nSPS) is 10.0. The van der Waals surface area contributed by atoms with Gasteiger partial charge in [-0.25, -0.2) is 4.79 Å². The van der Waals surface area contributed by atoms with Crippen LogP contribution in [0.3, 0.4) is 0 Å². The van der Waals surface area contributed by atoms with Crippen LogP contribution in [-0.2, 0) is 4.74 Å². The lowest BCUT2D eigenvalue weighted by Gasteiger charge is -2.11. The van der Waals surface area contributed by atoms with Gasteiger partial charge in [0.15, 0.2) is 0 Å². The lowest BCUT2D eigenvalue weighted by atomic mass is 10.1. The number of hydrogen-bond acceptors (Lipinski definition) is 5. The molecule has 1 N–H and O–H groups in total. The van der Waals surface area contributed by atoms with Gasteiger partial charge in [0.25, 0.3) is 5.69 Å². The predicted octanol–water partition coefficient (Wildman–Crippen LogP) is 3.78. The smallest absolute Gasteiger partial charge is 0.339 e. The quantitative estimate of drug-likeness (QED) is 0.528. The highest BCUT2D eigenvalue weighted by molar-refractivity contribution is 6.31. The molecule has 2 rings (SSSR count). The molecule has 0 aliphatic carbocycles. The minimum absolute atomic E-state index is 0.179. The summed E-state index contributed by atoms with van der Waals surface area (Å²) in [5.74, 6) is -0.533. The second-order valence-corrected chi connectivity index (χ2v) is 4.52. The van der Waals surface area contributed by atoms with Crippen LogP contribution in [0.1, 0.15) is 10.4 Å². The Morgan fingerprint density at radius 2 is 1.95 bits per heavy atom. The van der Waals surface area contributed by atoms with Crippen molar-refractivity contribution in [2.45, 2.75) is 0 Å². The summed E-state index contributed by atoms with van der Waals surface area (Å²) in [5, 5.41) is 14.2. The van der Waals surface area contributed by atoms with Crippen molar-refractivity contribution in [1.82, 2.24) is 0 Å². The van der Waals surface area contributed by atoms with Crippen LogP contribution in [0.25, 0.3) is 0 Å². The van der Waals surface area contributed by atoms with E-state index in [2.05, 4.69) is 10.1 Å². The molecule has 108 valence electrons. The van der Waals surface area contributed by atoms with E-state index in [4.69, 9.17) is 11.6 Å². The number of nitro groups is 1. The second kappa shape index (κ2) is 6.23. The number of nitro benzene ring substituents is 1. The van der Waals surface area contributed by atoms with Gasteiger partial charge in [-0.2, -0.15) is 0 Å². The van der Waals surface area contributed by atoms with Crippen LogP contribution in [-0.4, -0.2) is 18.0 Å². The maximum absolute atomic E-state index is 11.7. The number of halogens is 1. The standard InChI is InChI=1S/C14H11ClN2O4/c1-21-14(18)10-4-2-3-5-11(10)16-12-7-6-9(15)8-13(12)17(19)20/h2-8,16H,1H3. The molecule has 0 aliphatic heterocycles. The van der Waals surface area contributed by atoms with E-state index in [-0.39, 0.29) is 22.0 Å². The van der Waals surface area contributed by atoms with Crippen molar-refractivity contribution in [2.24, 2.45) is 0 Å². The minimum Gasteiger partial charge on any atom is -0.465 e. The van der Waals surface area contributed by atoms with Crippen molar-refractivity contribution >= 4 is 34.6 Å². The number of carbonyl (C=O) groups excluding carboxylic acids is 1. The molecule has 0 bridgehead atoms. The summed E-state index contributed by atoms with van der Waals surface area (Å²) in [4.78, 5) is 22.2. The summed E-state index contributed by atoms with van der Waals surface area (Å²) in [6.45, 7) is 0. The average Bonchev–Trinajstić information content (AvgIpc) is 2.48. The van der Waals surface area contributed by atoms with Crippen LogP contribution in [0.5, 0.6) is 0 Å². The summed E-state index contributed by atoms with van der Waals surface area (Å²) in [6, 6.07) is 10.8. The number of hydrogen-bond donors (Lipinski definition) is 1. The van der Waals surface area contributed by atoms with Gasteiger partial charge in [-0.15, -0.1) is 0 Å². The molecular formula is C14H11ClN2O4. The van der Waals surface area contributed by atoms with E-state index >= 15 is 0 Å². The third-order valence-electron chi connectivity index (χ3n) is 2.76. The molecule has 0 saturated carbocycles. The summed E-state index contributed by atoms with van der Waals surface area (Å²) in [7, 11) is 1.27. The monoisotopic (exact) mass is 306 g/mol. The zero-order valence-electron chi connectivity index (χ0n) is 11.0. The van der Waals surface area contributed by atoms with Crippen molar-refractivity contribution in [3.63, 3.8) is 0 Å². The summed E-state index contributed by atoms with van der Waals surface area (Å²) < 4.78 is 4.68. The summed E-state index contributed by atoms with van der Waals surface area (Å²) in [5.41, 5.74) is 0.752. The van der Waals surface area contributed by atoms with Crippen LogP contribution in [0.4, 0.5) is 17.1 Å². The number of rotatable bonds is 4. The molecule has 0 atom stereocenters. The number of nitrogens with zero attached hydrogens (tertiary/aromatic N) is 1. The van der Waals surface area contributed by atoms with Gasteiger partial charge in [-0.05, 0) is 24.3 Å². The van der Waals surface area contributed by atoms with Crippen molar-refractivity contribution in [3.05, 3.63) is 63.2 Å². The summed E-state index contributed by atoms with van der Waals surface area (Å²) in [6.07, 6.45) is 0. The molecular weight excluding hydrogens is 296 g/mol. The fraction of sp³-hybridized carbons (Fsp3) is 0.0714. The van der Waals surface area contributed by atoms with Crippen molar-refractivity contribution < 1.29 is 14.5 Å². The van der Waals surface area contributed by atoms with Gasteiger partial charge in [0.05, 0.1) is 23.3 Å². The van der Waals surface area contributed by atoms with E-state index in [0.29, 0.717) is 5.69 Å². The molecule has 7 heteroatoms. The topological polar surface area (TPSA) is 81.5 Å². The molecule has 0 amide bonds. The number of esters is 1. The first-order valence-corrected chi connectivity index (χ1v) is 6.29. The number of nitrogens with one attached hydrogen (secondary N) is 1. The zero-order valence-corrected chi connectivity index (χ0v) is 11.8. The molecule has 0 spiro atoms. The molecule has 2 aromatic carbocycles. The van der Waals surface area contributed by atoms with Gasteiger partial charge in [-0.3, -0.25) is 10.1 Å². The lowest BCUT2D eigenvalue weighted by molar-refractivity contribution is -0.383. The number of para-hydroxylation sites is 1. The first-order valence-electron chi connectivity index (χ1n) is 5.91. The SMILES string of the molecule is COC(=O)c1ccccc1Nc1ccc(Cl)cc1[N+](=O)[O-]. The number of methoxy groups -OCH3 is 1. The van der Waals surface area contributed by atoms with Gasteiger partial charge in [0, 0.05) is 11.1 Å². The highest BCUT2D eigenvalue weighted by Crippen LogP contribution is 2.31. The highest BCUT2D eigenvalue weighted by atomic mass is 35.5. The van der Waals surface area contributed by atoms with Crippen LogP contribution >= 0.6 is 11.6 Å². The molecule has 0 unspecified atom stereocenters. The molecule has 0 aliphatic rings. The number of benzene rings is 2. The zero-order chi connectivity index (χ0) is 15.4. The maximum Gasteiger partial charge on any atom is 0.339 e. The van der Waals surface area contributed by atoms with Gasteiger partial charge >= 0.3 is 5.97 Å². The number of carbonyl (C=O) groups is 1. The molecule has 0 heterocycles. The Hall–Kier alpha value is -2.60. The Bertz CT molecular complexity index is 703. The van der Waals surface area contributed by atoms with Crippen LogP contribution < -0.4 is 5.32 Å². The molecule has 21 heavy (non-hydrogen) atoms. The maximum atomic E-state index is 11.7. The Kier molecular flexibility index (Phi) is 4.39. The fourth-order valence-electron chi connectivity index (χ4n) is 1.79. The summed E-state index contributed by atoms with van der Waals surface area (Å²) >= 11 is 5.76. The largest absolute Gasteiger partial charge is 0.465 e. The third-order valence-corrected chi connectivity index (χ3v) is 2.99. The van der Waals surface area contributed by atoms with Crippen molar-refractivity contribution in [1.29, 1.82) is 0 Å². The van der Waals surface area contributed by atoms with Crippen LogP contribution in [0, 0.1) is 10.1 Å². The third kappa shape index (κ3) is 3.29. The van der Waals surface area contributed by atoms with E-state index in [9.17, 15) is 14.9 Å². The van der Waals surface area contributed by atoms with E-state index in [1.807, 2.05) is 0 Å². The van der Waals surface area contributed by atoms with Crippen LogP contribution in [0.15, 0.2) is 42.5 Å². The highest BCUT2D eigenvalue weighted by Gasteiger charge is 2.17. The van der Waals surface area contributed by atoms with E-state index < -0.39 is 10.9 Å². The lowest BCUT2D eigenvalue weighted by Crippen LogP contribution is -2.06. The molecule has 6 nitrogen and oxygen atoms in total. The van der Waals surface area contributed by atoms with Gasteiger partial charge < -0.3 is 10.1 Å². The van der Waals surface area contributed by atoms with E-state index in [1.165, 1.54) is 25.3 Å². The molecule has 0 aromatic heterocycles.